The van der Waals surface area contributed by atoms with E-state index in [1.807, 2.05) is 42.2 Å². The van der Waals surface area contributed by atoms with Crippen LogP contribution in [-0.2, 0) is 13.2 Å². The molecule has 0 saturated heterocycles. The second-order valence-corrected chi connectivity index (χ2v) is 5.97. The topological polar surface area (TPSA) is 26.0 Å². The van der Waals surface area contributed by atoms with Crippen molar-refractivity contribution in [3.63, 3.8) is 0 Å². The molecule has 0 fully saturated rings. The van der Waals surface area contributed by atoms with Crippen molar-refractivity contribution in [3.05, 3.63) is 76.8 Å². The van der Waals surface area contributed by atoms with Crippen LogP contribution in [0, 0.1) is 16.4 Å². The molecule has 4 nitrogen and oxygen atoms in total. The lowest BCUT2D eigenvalue weighted by atomic mass is 10.2. The standard InChI is InChI=1S/C18H18F2N4S/c1-2-22(11-15-16(19)9-6-10-17(15)20)13-24-18(25)23(12-21-24)14-7-4-3-5-8-14/h3-10,12H,2,11,13H2,1H3. The van der Waals surface area contributed by atoms with Gasteiger partial charge in [0.1, 0.15) is 18.0 Å². The molecule has 3 rings (SSSR count). The van der Waals surface area contributed by atoms with Gasteiger partial charge in [0, 0.05) is 17.8 Å². The molecule has 0 atom stereocenters. The average molecular weight is 360 g/mol. The normalized spacial score (nSPS) is 11.2. The van der Waals surface area contributed by atoms with Crippen LogP contribution in [0.4, 0.5) is 8.78 Å². The van der Waals surface area contributed by atoms with E-state index in [1.165, 1.54) is 18.2 Å². The van der Waals surface area contributed by atoms with Crippen molar-refractivity contribution in [2.24, 2.45) is 0 Å². The number of nitrogens with zero attached hydrogens (tertiary/aromatic N) is 4. The Hall–Kier alpha value is -2.38. The van der Waals surface area contributed by atoms with E-state index in [1.54, 1.807) is 15.6 Å². The van der Waals surface area contributed by atoms with Gasteiger partial charge in [0.05, 0.1) is 6.67 Å². The summed E-state index contributed by atoms with van der Waals surface area (Å²) >= 11 is 5.48. The van der Waals surface area contributed by atoms with Crippen molar-refractivity contribution in [1.29, 1.82) is 0 Å². The minimum absolute atomic E-state index is 0.0540. The first kappa shape index (κ1) is 17.4. The van der Waals surface area contributed by atoms with Gasteiger partial charge in [-0.05, 0) is 43.0 Å². The van der Waals surface area contributed by atoms with Crippen LogP contribution in [0.1, 0.15) is 12.5 Å². The van der Waals surface area contributed by atoms with Gasteiger partial charge in [0.2, 0.25) is 4.77 Å². The summed E-state index contributed by atoms with van der Waals surface area (Å²) in [5.74, 6) is -1.09. The Morgan fingerprint density at radius 1 is 1.04 bits per heavy atom. The van der Waals surface area contributed by atoms with Gasteiger partial charge in [0.25, 0.3) is 0 Å². The molecule has 0 saturated carbocycles. The number of hydrogen-bond acceptors (Lipinski definition) is 3. The molecular formula is C18H18F2N4S. The first-order valence-corrected chi connectivity index (χ1v) is 8.36. The fourth-order valence-corrected chi connectivity index (χ4v) is 2.82. The van der Waals surface area contributed by atoms with Crippen molar-refractivity contribution in [3.8, 4) is 5.69 Å². The van der Waals surface area contributed by atoms with Crippen molar-refractivity contribution >= 4 is 12.2 Å². The zero-order chi connectivity index (χ0) is 17.8. The van der Waals surface area contributed by atoms with Gasteiger partial charge in [-0.25, -0.2) is 13.5 Å². The highest BCUT2D eigenvalue weighted by Crippen LogP contribution is 2.15. The fourth-order valence-electron chi connectivity index (χ4n) is 2.56. The first-order chi connectivity index (χ1) is 12.1. The first-order valence-electron chi connectivity index (χ1n) is 7.95. The lowest BCUT2D eigenvalue weighted by Crippen LogP contribution is -2.27. The number of para-hydroxylation sites is 1. The van der Waals surface area contributed by atoms with Gasteiger partial charge in [-0.1, -0.05) is 31.2 Å². The zero-order valence-corrected chi connectivity index (χ0v) is 14.6. The van der Waals surface area contributed by atoms with Crippen molar-refractivity contribution in [2.75, 3.05) is 6.54 Å². The maximum atomic E-state index is 13.9. The summed E-state index contributed by atoms with van der Waals surface area (Å²) in [4.78, 5) is 1.87. The quantitative estimate of drug-likeness (QED) is 0.618. The number of halogens is 2. The van der Waals surface area contributed by atoms with Gasteiger partial charge in [-0.3, -0.25) is 9.47 Å². The Kier molecular flexibility index (Phi) is 5.35. The minimum Gasteiger partial charge on any atom is -0.280 e. The summed E-state index contributed by atoms with van der Waals surface area (Å²) in [5, 5.41) is 4.31. The smallest absolute Gasteiger partial charge is 0.203 e. The molecule has 0 aliphatic carbocycles. The van der Waals surface area contributed by atoms with E-state index >= 15 is 0 Å². The molecule has 0 spiro atoms. The van der Waals surface area contributed by atoms with Crippen LogP contribution in [0.2, 0.25) is 0 Å². The highest BCUT2D eigenvalue weighted by Gasteiger charge is 2.14. The maximum absolute atomic E-state index is 13.9. The Morgan fingerprint density at radius 2 is 1.72 bits per heavy atom. The van der Waals surface area contributed by atoms with Crippen LogP contribution in [0.3, 0.4) is 0 Å². The summed E-state index contributed by atoms with van der Waals surface area (Å²) < 4.78 is 31.7. The molecule has 0 unspecified atom stereocenters. The predicted octanol–water partition coefficient (Wildman–Crippen LogP) is 4.16. The Balaban J connectivity index is 1.81. The van der Waals surface area contributed by atoms with E-state index in [2.05, 4.69) is 5.10 Å². The monoisotopic (exact) mass is 360 g/mol. The SMILES string of the molecule is CCN(Cc1c(F)cccc1F)Cn1ncn(-c2ccccc2)c1=S. The highest BCUT2D eigenvalue weighted by molar-refractivity contribution is 7.71. The van der Waals surface area contributed by atoms with E-state index in [4.69, 9.17) is 12.2 Å². The van der Waals surface area contributed by atoms with Crippen LogP contribution in [0.15, 0.2) is 54.9 Å². The molecule has 0 aliphatic heterocycles. The van der Waals surface area contributed by atoms with E-state index in [9.17, 15) is 8.78 Å². The molecule has 1 heterocycles. The number of benzene rings is 2. The van der Waals surface area contributed by atoms with Crippen LogP contribution in [0.5, 0.6) is 0 Å². The molecule has 3 aromatic rings. The Labute approximate surface area is 149 Å². The third-order valence-corrected chi connectivity index (χ3v) is 4.40. The number of hydrogen-bond donors (Lipinski definition) is 0. The molecule has 0 radical (unpaired) electrons. The third-order valence-electron chi connectivity index (χ3n) is 3.99. The van der Waals surface area contributed by atoms with Crippen LogP contribution >= 0.6 is 12.2 Å². The highest BCUT2D eigenvalue weighted by atomic mass is 32.1. The molecular weight excluding hydrogens is 342 g/mol. The van der Waals surface area contributed by atoms with Gasteiger partial charge in [0.15, 0.2) is 0 Å². The molecule has 0 amide bonds. The summed E-state index contributed by atoms with van der Waals surface area (Å²) in [6.07, 6.45) is 1.65. The molecule has 7 heteroatoms. The fraction of sp³-hybridized carbons (Fsp3) is 0.222. The van der Waals surface area contributed by atoms with Gasteiger partial charge >= 0.3 is 0 Å². The van der Waals surface area contributed by atoms with E-state index in [0.29, 0.717) is 18.0 Å². The zero-order valence-electron chi connectivity index (χ0n) is 13.8. The molecule has 1 aromatic heterocycles. The summed E-state index contributed by atoms with van der Waals surface area (Å²) in [6.45, 7) is 3.03. The largest absolute Gasteiger partial charge is 0.280 e. The molecule has 0 N–H and O–H groups in total. The number of rotatable bonds is 6. The van der Waals surface area contributed by atoms with Crippen LogP contribution in [-0.4, -0.2) is 25.8 Å². The predicted molar refractivity (Wildman–Crippen MR) is 94.8 cm³/mol. The molecule has 0 aliphatic rings. The number of aromatic nitrogens is 3. The summed E-state index contributed by atoms with van der Waals surface area (Å²) in [7, 11) is 0. The average Bonchev–Trinajstić information content (AvgIpc) is 2.98. The second kappa shape index (κ2) is 7.67. The summed E-state index contributed by atoms with van der Waals surface area (Å²) in [5.41, 5.74) is 0.973. The van der Waals surface area contributed by atoms with Crippen LogP contribution < -0.4 is 0 Å². The molecule has 130 valence electrons. The van der Waals surface area contributed by atoms with Crippen molar-refractivity contribution in [2.45, 2.75) is 20.1 Å². The molecule has 25 heavy (non-hydrogen) atoms. The summed E-state index contributed by atoms with van der Waals surface area (Å²) in [6, 6.07) is 13.6. The lowest BCUT2D eigenvalue weighted by molar-refractivity contribution is 0.202. The third kappa shape index (κ3) is 3.83. The Bertz CT molecular complexity index is 885. The van der Waals surface area contributed by atoms with Crippen LogP contribution in [0.25, 0.3) is 5.69 Å². The maximum Gasteiger partial charge on any atom is 0.203 e. The second-order valence-electron chi connectivity index (χ2n) is 5.61. The minimum atomic E-state index is -0.545. The van der Waals surface area contributed by atoms with E-state index in [-0.39, 0.29) is 12.1 Å². The van der Waals surface area contributed by atoms with Gasteiger partial charge < -0.3 is 0 Å². The van der Waals surface area contributed by atoms with E-state index < -0.39 is 11.6 Å². The van der Waals surface area contributed by atoms with Gasteiger partial charge in [-0.15, -0.1) is 0 Å². The Morgan fingerprint density at radius 3 is 2.36 bits per heavy atom. The molecule has 2 aromatic carbocycles. The van der Waals surface area contributed by atoms with Crippen molar-refractivity contribution < 1.29 is 8.78 Å². The van der Waals surface area contributed by atoms with Gasteiger partial charge in [-0.2, -0.15) is 5.10 Å². The molecule has 0 bridgehead atoms. The lowest BCUT2D eigenvalue weighted by Gasteiger charge is -2.20. The van der Waals surface area contributed by atoms with Crippen molar-refractivity contribution in [1.82, 2.24) is 19.2 Å². The van der Waals surface area contributed by atoms with E-state index in [0.717, 1.165) is 5.69 Å².